The fourth-order valence-corrected chi connectivity index (χ4v) is 2.14. The van der Waals surface area contributed by atoms with Crippen molar-refractivity contribution in [1.29, 1.82) is 0 Å². The van der Waals surface area contributed by atoms with Gasteiger partial charge in [-0.3, -0.25) is 4.79 Å². The van der Waals surface area contributed by atoms with Crippen molar-refractivity contribution in [3.63, 3.8) is 0 Å². The van der Waals surface area contributed by atoms with E-state index in [0.717, 1.165) is 25.0 Å². The molecule has 2 aromatic carbocycles. The third kappa shape index (κ3) is 5.95. The van der Waals surface area contributed by atoms with E-state index >= 15 is 0 Å². The van der Waals surface area contributed by atoms with E-state index in [1.807, 2.05) is 0 Å². The zero-order valence-electron chi connectivity index (χ0n) is 14.3. The predicted octanol–water partition coefficient (Wildman–Crippen LogP) is 5.69. The Bertz CT molecular complexity index is 752. The summed E-state index contributed by atoms with van der Waals surface area (Å²) in [5.41, 5.74) is -0.0284. The lowest BCUT2D eigenvalue weighted by Crippen LogP contribution is -2.05. The molecule has 0 aliphatic heterocycles. The zero-order chi connectivity index (χ0) is 19.0. The number of allylic oxidation sites excluding steroid dienone is 1. The second-order valence-corrected chi connectivity index (χ2v) is 5.65. The highest BCUT2D eigenvalue weighted by atomic mass is 19.4. The molecular weight excluding hydrogens is 343 g/mol. The summed E-state index contributed by atoms with van der Waals surface area (Å²) in [6.07, 6.45) is 0.194. The molecule has 3 nitrogen and oxygen atoms in total. The first-order chi connectivity index (χ1) is 12.4. The number of hydrogen-bond donors (Lipinski definition) is 1. The first-order valence-electron chi connectivity index (χ1n) is 8.27. The molecule has 0 unspecified atom stereocenters. The number of unbranched alkanes of at least 4 members (excludes halogenated alkanes) is 1. The van der Waals surface area contributed by atoms with Gasteiger partial charge in [0, 0.05) is 23.5 Å². The molecule has 0 heterocycles. The van der Waals surface area contributed by atoms with E-state index in [0.29, 0.717) is 17.9 Å². The number of anilines is 1. The molecular formula is C20H20F3NO2. The molecule has 0 aromatic heterocycles. The fraction of sp³-hybridized carbons (Fsp3) is 0.250. The summed E-state index contributed by atoms with van der Waals surface area (Å²) < 4.78 is 43.5. The molecule has 0 bridgehead atoms. The second-order valence-electron chi connectivity index (χ2n) is 5.65. The summed E-state index contributed by atoms with van der Waals surface area (Å²) in [5.74, 6) is 0.436. The third-order valence-electron chi connectivity index (χ3n) is 3.58. The standard InChI is InChI=1S/C20H20F3NO2/c1-2-3-13-26-18-9-7-15(8-10-18)19(25)11-12-24-17-6-4-5-16(14-17)20(21,22)23/h4-12,14,24H,2-3,13H2,1H3/b12-11+. The fourth-order valence-electron chi connectivity index (χ4n) is 2.14. The minimum atomic E-state index is -4.40. The van der Waals surface area contributed by atoms with Gasteiger partial charge in [-0.1, -0.05) is 19.4 Å². The molecule has 0 aliphatic rings. The average Bonchev–Trinajstić information content (AvgIpc) is 2.62. The number of benzene rings is 2. The molecule has 0 saturated heterocycles. The van der Waals surface area contributed by atoms with Gasteiger partial charge in [0.25, 0.3) is 0 Å². The Morgan fingerprint density at radius 2 is 1.88 bits per heavy atom. The number of ketones is 1. The minimum Gasteiger partial charge on any atom is -0.494 e. The van der Waals surface area contributed by atoms with E-state index in [-0.39, 0.29) is 11.5 Å². The van der Waals surface area contributed by atoms with Crippen LogP contribution in [0, 0.1) is 0 Å². The summed E-state index contributed by atoms with van der Waals surface area (Å²) in [7, 11) is 0. The molecule has 0 saturated carbocycles. The number of carbonyl (C=O) groups excluding carboxylic acids is 1. The molecule has 1 N–H and O–H groups in total. The van der Waals surface area contributed by atoms with Crippen LogP contribution in [-0.4, -0.2) is 12.4 Å². The van der Waals surface area contributed by atoms with Crippen molar-refractivity contribution in [2.45, 2.75) is 25.9 Å². The van der Waals surface area contributed by atoms with Crippen LogP contribution >= 0.6 is 0 Å². The van der Waals surface area contributed by atoms with E-state index in [9.17, 15) is 18.0 Å². The quantitative estimate of drug-likeness (QED) is 0.372. The van der Waals surface area contributed by atoms with Crippen LogP contribution < -0.4 is 10.1 Å². The molecule has 0 fully saturated rings. The van der Waals surface area contributed by atoms with Gasteiger partial charge < -0.3 is 10.1 Å². The van der Waals surface area contributed by atoms with Crippen molar-refractivity contribution < 1.29 is 22.7 Å². The Morgan fingerprint density at radius 1 is 1.15 bits per heavy atom. The summed E-state index contributed by atoms with van der Waals surface area (Å²) in [4.78, 5) is 12.1. The van der Waals surface area contributed by atoms with Crippen molar-refractivity contribution in [3.8, 4) is 5.75 Å². The van der Waals surface area contributed by atoms with Gasteiger partial charge in [0.05, 0.1) is 12.2 Å². The first kappa shape index (κ1) is 19.6. The Kier molecular flexibility index (Phi) is 6.83. The summed E-state index contributed by atoms with van der Waals surface area (Å²) in [5, 5.41) is 2.68. The lowest BCUT2D eigenvalue weighted by Gasteiger charge is -2.08. The number of rotatable bonds is 8. The zero-order valence-corrected chi connectivity index (χ0v) is 14.3. The molecule has 0 aliphatic carbocycles. The topological polar surface area (TPSA) is 38.3 Å². The van der Waals surface area contributed by atoms with Crippen molar-refractivity contribution in [2.24, 2.45) is 0 Å². The Labute approximate surface area is 150 Å². The Balaban J connectivity index is 1.93. The van der Waals surface area contributed by atoms with E-state index in [4.69, 9.17) is 4.74 Å². The monoisotopic (exact) mass is 363 g/mol. The number of carbonyl (C=O) groups is 1. The molecule has 138 valence electrons. The third-order valence-corrected chi connectivity index (χ3v) is 3.58. The van der Waals surface area contributed by atoms with Gasteiger partial charge >= 0.3 is 6.18 Å². The highest BCUT2D eigenvalue weighted by Gasteiger charge is 2.30. The summed E-state index contributed by atoms with van der Waals surface area (Å²) >= 11 is 0. The summed E-state index contributed by atoms with van der Waals surface area (Å²) in [6.45, 7) is 2.70. The minimum absolute atomic E-state index is 0.253. The van der Waals surface area contributed by atoms with Crippen LogP contribution in [-0.2, 0) is 6.18 Å². The maximum Gasteiger partial charge on any atom is 0.416 e. The number of hydrogen-bond acceptors (Lipinski definition) is 3. The predicted molar refractivity (Wildman–Crippen MR) is 95.4 cm³/mol. The van der Waals surface area contributed by atoms with Crippen molar-refractivity contribution in [3.05, 3.63) is 71.9 Å². The maximum atomic E-state index is 12.7. The van der Waals surface area contributed by atoms with Gasteiger partial charge in [0.2, 0.25) is 0 Å². The molecule has 0 spiro atoms. The van der Waals surface area contributed by atoms with Crippen LogP contribution in [0.15, 0.2) is 60.8 Å². The van der Waals surface area contributed by atoms with Crippen LogP contribution in [0.3, 0.4) is 0 Å². The molecule has 0 amide bonds. The molecule has 0 radical (unpaired) electrons. The lowest BCUT2D eigenvalue weighted by atomic mass is 10.1. The van der Waals surface area contributed by atoms with Gasteiger partial charge in [-0.25, -0.2) is 0 Å². The van der Waals surface area contributed by atoms with Crippen LogP contribution in [0.2, 0.25) is 0 Å². The highest BCUT2D eigenvalue weighted by molar-refractivity contribution is 6.04. The Hall–Kier alpha value is -2.76. The summed E-state index contributed by atoms with van der Waals surface area (Å²) in [6, 6.07) is 11.5. The average molecular weight is 363 g/mol. The van der Waals surface area contributed by atoms with Crippen molar-refractivity contribution in [2.75, 3.05) is 11.9 Å². The Morgan fingerprint density at radius 3 is 2.54 bits per heavy atom. The van der Waals surface area contributed by atoms with Gasteiger partial charge in [0.1, 0.15) is 5.75 Å². The van der Waals surface area contributed by atoms with E-state index in [2.05, 4.69) is 12.2 Å². The second kappa shape index (κ2) is 9.08. The van der Waals surface area contributed by atoms with E-state index < -0.39 is 11.7 Å². The van der Waals surface area contributed by atoms with Crippen LogP contribution in [0.1, 0.15) is 35.7 Å². The van der Waals surface area contributed by atoms with Crippen molar-refractivity contribution in [1.82, 2.24) is 0 Å². The lowest BCUT2D eigenvalue weighted by molar-refractivity contribution is -0.137. The van der Waals surface area contributed by atoms with Crippen LogP contribution in [0.4, 0.5) is 18.9 Å². The van der Waals surface area contributed by atoms with Gasteiger partial charge in [-0.2, -0.15) is 13.2 Å². The number of nitrogens with one attached hydrogen (secondary N) is 1. The normalized spacial score (nSPS) is 11.5. The SMILES string of the molecule is CCCCOc1ccc(C(=O)/C=C/Nc2cccc(C(F)(F)F)c2)cc1. The number of alkyl halides is 3. The van der Waals surface area contributed by atoms with Crippen LogP contribution in [0.25, 0.3) is 0 Å². The van der Waals surface area contributed by atoms with Crippen molar-refractivity contribution >= 4 is 11.5 Å². The largest absolute Gasteiger partial charge is 0.494 e. The van der Waals surface area contributed by atoms with Gasteiger partial charge in [-0.05, 0) is 48.9 Å². The highest BCUT2D eigenvalue weighted by Crippen LogP contribution is 2.30. The first-order valence-corrected chi connectivity index (χ1v) is 8.27. The molecule has 2 rings (SSSR count). The van der Waals surface area contributed by atoms with Gasteiger partial charge in [0.15, 0.2) is 5.78 Å². The molecule has 26 heavy (non-hydrogen) atoms. The number of halogens is 3. The van der Waals surface area contributed by atoms with Gasteiger partial charge in [-0.15, -0.1) is 0 Å². The number of ether oxygens (including phenoxy) is 1. The molecule has 2 aromatic rings. The van der Waals surface area contributed by atoms with Crippen LogP contribution in [0.5, 0.6) is 5.75 Å². The molecule has 6 heteroatoms. The van der Waals surface area contributed by atoms with E-state index in [1.165, 1.54) is 24.4 Å². The smallest absolute Gasteiger partial charge is 0.416 e. The molecule has 0 atom stereocenters. The maximum absolute atomic E-state index is 12.7. The van der Waals surface area contributed by atoms with E-state index in [1.54, 1.807) is 24.3 Å².